The number of rotatable bonds is 3. The second kappa shape index (κ2) is 6.95. The zero-order valence-corrected chi connectivity index (χ0v) is 14.9. The largest absolute Gasteiger partial charge is 0.276 e. The number of carbonyl (C=O) groups excluding carboxylic acids is 4. The third-order valence-corrected chi connectivity index (χ3v) is 5.28. The predicted molar refractivity (Wildman–Crippen MR) is 97.5 cm³/mol. The summed E-state index contributed by atoms with van der Waals surface area (Å²) >= 11 is 0. The second-order valence-corrected chi connectivity index (χ2v) is 7.03. The van der Waals surface area contributed by atoms with E-state index in [-0.39, 0.29) is 37.6 Å². The van der Waals surface area contributed by atoms with Crippen LogP contribution in [0.1, 0.15) is 41.6 Å². The van der Waals surface area contributed by atoms with Crippen molar-refractivity contribution in [3.05, 3.63) is 59.2 Å². The molecule has 1 aromatic carbocycles. The summed E-state index contributed by atoms with van der Waals surface area (Å²) in [6.45, 7) is 0.192. The summed E-state index contributed by atoms with van der Waals surface area (Å²) in [5.74, 6) is -1.56. The Morgan fingerprint density at radius 1 is 1.00 bits per heavy atom. The summed E-state index contributed by atoms with van der Waals surface area (Å²) < 4.78 is 0. The molecule has 6 nitrogen and oxygen atoms in total. The van der Waals surface area contributed by atoms with Crippen molar-refractivity contribution >= 4 is 23.6 Å². The molecule has 1 unspecified atom stereocenters. The number of piperidine rings is 1. The second-order valence-electron chi connectivity index (χ2n) is 7.03. The molecule has 1 aromatic rings. The van der Waals surface area contributed by atoms with Crippen LogP contribution >= 0.6 is 0 Å². The highest BCUT2D eigenvalue weighted by Gasteiger charge is 2.44. The molecule has 2 heterocycles. The zero-order valence-electron chi connectivity index (χ0n) is 14.9. The van der Waals surface area contributed by atoms with Crippen LogP contribution in [-0.2, 0) is 20.8 Å². The minimum Gasteiger partial charge on any atom is -0.276 e. The predicted octanol–water partition coefficient (Wildman–Crippen LogP) is 2.01. The summed E-state index contributed by atoms with van der Waals surface area (Å²) in [5.41, 5.74) is 2.04. The van der Waals surface area contributed by atoms with E-state index < -0.39 is 17.9 Å². The van der Waals surface area contributed by atoms with Crippen molar-refractivity contribution in [2.75, 3.05) is 6.54 Å². The molecule has 1 atom stereocenters. The van der Waals surface area contributed by atoms with Gasteiger partial charge in [-0.2, -0.15) is 0 Å². The molecule has 4 rings (SSSR count). The number of hydrogen-bond acceptors (Lipinski definition) is 4. The number of hydrogen-bond donors (Lipinski definition) is 0. The van der Waals surface area contributed by atoms with Crippen LogP contribution in [0.25, 0.3) is 0 Å². The smallest absolute Gasteiger partial charge is 0.261 e. The van der Waals surface area contributed by atoms with E-state index in [9.17, 15) is 19.2 Å². The molecular weight excluding hydrogens is 344 g/mol. The molecule has 0 bridgehead atoms. The summed E-state index contributed by atoms with van der Waals surface area (Å²) in [6, 6.07) is 6.04. The summed E-state index contributed by atoms with van der Waals surface area (Å²) in [5, 5.41) is 0. The van der Waals surface area contributed by atoms with Crippen molar-refractivity contribution in [3.63, 3.8) is 0 Å². The van der Waals surface area contributed by atoms with Gasteiger partial charge in [-0.3, -0.25) is 29.0 Å². The molecule has 1 aliphatic carbocycles. The quantitative estimate of drug-likeness (QED) is 0.769. The number of amides is 4. The van der Waals surface area contributed by atoms with Gasteiger partial charge in [0, 0.05) is 12.0 Å². The molecule has 3 aliphatic rings. The van der Waals surface area contributed by atoms with Crippen LogP contribution in [-0.4, -0.2) is 46.0 Å². The minimum absolute atomic E-state index is 0.0908. The van der Waals surface area contributed by atoms with E-state index in [1.54, 1.807) is 24.3 Å². The third-order valence-electron chi connectivity index (χ3n) is 5.28. The van der Waals surface area contributed by atoms with E-state index in [0.29, 0.717) is 11.1 Å². The van der Waals surface area contributed by atoms with Crippen molar-refractivity contribution < 1.29 is 19.2 Å². The van der Waals surface area contributed by atoms with Gasteiger partial charge in [0.15, 0.2) is 0 Å². The Kier molecular flexibility index (Phi) is 4.48. The Balaban J connectivity index is 1.60. The van der Waals surface area contributed by atoms with Crippen LogP contribution in [0.15, 0.2) is 48.1 Å². The first kappa shape index (κ1) is 17.4. The zero-order chi connectivity index (χ0) is 19.0. The molecule has 6 heteroatoms. The lowest BCUT2D eigenvalue weighted by atomic mass is 9.94. The normalized spacial score (nSPS) is 22.8. The fraction of sp³-hybridized carbons (Fsp3) is 0.333. The van der Waals surface area contributed by atoms with Crippen LogP contribution in [0.2, 0.25) is 0 Å². The van der Waals surface area contributed by atoms with Crippen molar-refractivity contribution in [2.24, 2.45) is 0 Å². The maximum absolute atomic E-state index is 13.0. The lowest BCUT2D eigenvalue weighted by Crippen LogP contribution is -2.59. The first-order valence-electron chi connectivity index (χ1n) is 9.20. The molecule has 0 aromatic heterocycles. The number of nitrogens with zero attached hydrogens (tertiary/aromatic N) is 2. The van der Waals surface area contributed by atoms with Crippen molar-refractivity contribution in [2.45, 2.75) is 38.1 Å². The molecule has 1 saturated heterocycles. The molecule has 2 aliphatic heterocycles. The van der Waals surface area contributed by atoms with E-state index in [0.717, 1.165) is 23.3 Å². The maximum Gasteiger partial charge on any atom is 0.261 e. The van der Waals surface area contributed by atoms with Crippen molar-refractivity contribution in [1.29, 1.82) is 0 Å². The Morgan fingerprint density at radius 3 is 2.59 bits per heavy atom. The van der Waals surface area contributed by atoms with Gasteiger partial charge in [-0.05, 0) is 36.5 Å². The lowest BCUT2D eigenvalue weighted by molar-refractivity contribution is -0.155. The van der Waals surface area contributed by atoms with E-state index in [2.05, 4.69) is 0 Å². The molecular formula is C21H20N2O4. The highest BCUT2D eigenvalue weighted by molar-refractivity contribution is 6.13. The van der Waals surface area contributed by atoms with Gasteiger partial charge in [0.1, 0.15) is 6.04 Å². The van der Waals surface area contributed by atoms with Crippen molar-refractivity contribution in [1.82, 2.24) is 9.80 Å². The van der Waals surface area contributed by atoms with Gasteiger partial charge in [0.25, 0.3) is 11.8 Å². The Hall–Kier alpha value is -3.02. The number of imide groups is 2. The number of allylic oxidation sites excluding steroid dienone is 2. The topological polar surface area (TPSA) is 74.8 Å². The lowest BCUT2D eigenvalue weighted by Gasteiger charge is -2.38. The molecule has 0 radical (unpaired) electrons. The molecule has 4 amide bonds. The molecule has 1 fully saturated rings. The van der Waals surface area contributed by atoms with Gasteiger partial charge in [-0.25, -0.2) is 0 Å². The highest BCUT2D eigenvalue weighted by atomic mass is 16.2. The fourth-order valence-corrected chi connectivity index (χ4v) is 3.88. The summed E-state index contributed by atoms with van der Waals surface area (Å²) in [6.07, 6.45) is 8.19. The summed E-state index contributed by atoms with van der Waals surface area (Å²) in [7, 11) is 0. The minimum atomic E-state index is -0.913. The van der Waals surface area contributed by atoms with Gasteiger partial charge in [0.05, 0.1) is 13.0 Å². The SMILES string of the molecule is O=C1CCC(N2C(=O)Cc3ccccc3C2=O)C(=O)N1CC1=CCCC=C1. The van der Waals surface area contributed by atoms with Crippen LogP contribution in [0.5, 0.6) is 0 Å². The standard InChI is InChI=1S/C21H20N2O4/c24-18-11-10-17(21(27)22(18)13-14-6-2-1-3-7-14)23-19(25)12-15-8-4-5-9-16(15)20(23)26/h2,4-9,17H,1,3,10-13H2. The number of benzene rings is 1. The summed E-state index contributed by atoms with van der Waals surface area (Å²) in [4.78, 5) is 53.1. The third kappa shape index (κ3) is 3.12. The van der Waals surface area contributed by atoms with Crippen LogP contribution in [0, 0.1) is 0 Å². The highest BCUT2D eigenvalue weighted by Crippen LogP contribution is 2.27. The van der Waals surface area contributed by atoms with Gasteiger partial charge in [0.2, 0.25) is 11.8 Å². The Morgan fingerprint density at radius 2 is 1.81 bits per heavy atom. The van der Waals surface area contributed by atoms with Crippen molar-refractivity contribution in [3.8, 4) is 0 Å². The average molecular weight is 364 g/mol. The van der Waals surface area contributed by atoms with Gasteiger partial charge >= 0.3 is 0 Å². The molecule has 0 saturated carbocycles. The number of fused-ring (bicyclic) bond motifs is 1. The Labute approximate surface area is 157 Å². The van der Waals surface area contributed by atoms with Crippen LogP contribution in [0.4, 0.5) is 0 Å². The molecule has 27 heavy (non-hydrogen) atoms. The van der Waals surface area contributed by atoms with Crippen LogP contribution < -0.4 is 0 Å². The van der Waals surface area contributed by atoms with Crippen LogP contribution in [0.3, 0.4) is 0 Å². The van der Waals surface area contributed by atoms with E-state index in [1.165, 1.54) is 4.90 Å². The molecule has 0 N–H and O–H groups in total. The van der Waals surface area contributed by atoms with E-state index >= 15 is 0 Å². The maximum atomic E-state index is 13.0. The van der Waals surface area contributed by atoms with Gasteiger partial charge in [-0.1, -0.05) is 36.4 Å². The van der Waals surface area contributed by atoms with Gasteiger partial charge in [-0.15, -0.1) is 0 Å². The first-order chi connectivity index (χ1) is 13.1. The van der Waals surface area contributed by atoms with Gasteiger partial charge < -0.3 is 0 Å². The number of carbonyl (C=O) groups is 4. The Bertz CT molecular complexity index is 899. The average Bonchev–Trinajstić information content (AvgIpc) is 2.67. The number of likely N-dealkylation sites (tertiary alicyclic amines) is 1. The molecule has 138 valence electrons. The fourth-order valence-electron chi connectivity index (χ4n) is 3.88. The van der Waals surface area contributed by atoms with E-state index in [1.807, 2.05) is 18.2 Å². The first-order valence-corrected chi connectivity index (χ1v) is 9.20. The molecule has 0 spiro atoms. The monoisotopic (exact) mass is 364 g/mol. The van der Waals surface area contributed by atoms with E-state index in [4.69, 9.17) is 0 Å².